The van der Waals surface area contributed by atoms with Gasteiger partial charge in [-0.15, -0.1) is 0 Å². The first-order chi connectivity index (χ1) is 7.56. The highest BCUT2D eigenvalue weighted by Gasteiger charge is 2.06. The molecular weight excluding hydrogens is 223 g/mol. The second-order valence-electron chi connectivity index (χ2n) is 3.90. The van der Waals surface area contributed by atoms with Crippen LogP contribution in [0, 0.1) is 19.1 Å². The fourth-order valence-corrected chi connectivity index (χ4v) is 2.19. The van der Waals surface area contributed by atoms with E-state index in [4.69, 9.17) is 5.73 Å². The van der Waals surface area contributed by atoms with Gasteiger partial charge in [0.25, 0.3) is 5.26 Å². The van der Waals surface area contributed by atoms with Gasteiger partial charge in [-0.2, -0.15) is 4.39 Å². The van der Waals surface area contributed by atoms with Crippen LogP contribution in [0.4, 0.5) is 10.1 Å². The van der Waals surface area contributed by atoms with Crippen LogP contribution in [0.1, 0.15) is 22.4 Å². The lowest BCUT2D eigenvalue weighted by atomic mass is 10.0. The predicted molar refractivity (Wildman–Crippen MR) is 65.2 cm³/mol. The van der Waals surface area contributed by atoms with Gasteiger partial charge in [0.15, 0.2) is 0 Å². The highest BCUT2D eigenvalue weighted by molar-refractivity contribution is 7.08. The van der Waals surface area contributed by atoms with E-state index < -0.39 is 0 Å². The number of nitrogens with two attached hydrogens (primary N) is 1. The Balaban J connectivity index is 2.31. The predicted octanol–water partition coefficient (Wildman–Crippen LogP) is 3.07. The van der Waals surface area contributed by atoms with Gasteiger partial charge in [0, 0.05) is 17.5 Å². The molecule has 0 aliphatic rings. The molecule has 84 valence electrons. The van der Waals surface area contributed by atoms with Gasteiger partial charge in [0.05, 0.1) is 5.69 Å². The minimum atomic E-state index is -0.375. The number of thiazole rings is 1. The SMILES string of the molecule is Cc1cc(Cc2csc(F)n2)c(C)cc1N. The Hall–Kier alpha value is -1.42. The van der Waals surface area contributed by atoms with Crippen molar-refractivity contribution in [3.05, 3.63) is 45.2 Å². The van der Waals surface area contributed by atoms with E-state index in [2.05, 4.69) is 4.98 Å². The van der Waals surface area contributed by atoms with Crippen molar-refractivity contribution >= 4 is 17.0 Å². The van der Waals surface area contributed by atoms with Crippen LogP contribution in [0.2, 0.25) is 0 Å². The smallest absolute Gasteiger partial charge is 0.269 e. The molecule has 1 heterocycles. The summed E-state index contributed by atoms with van der Waals surface area (Å²) in [5.74, 6) is 0. The summed E-state index contributed by atoms with van der Waals surface area (Å²) >= 11 is 1.03. The fourth-order valence-electron chi connectivity index (χ4n) is 1.65. The summed E-state index contributed by atoms with van der Waals surface area (Å²) in [7, 11) is 0. The molecule has 2 aromatic rings. The molecule has 0 bridgehead atoms. The number of hydrogen-bond donors (Lipinski definition) is 1. The molecule has 0 saturated carbocycles. The van der Waals surface area contributed by atoms with Crippen LogP contribution in [0.5, 0.6) is 0 Å². The molecule has 16 heavy (non-hydrogen) atoms. The number of anilines is 1. The summed E-state index contributed by atoms with van der Waals surface area (Å²) in [6.07, 6.45) is 0.660. The van der Waals surface area contributed by atoms with Crippen molar-refractivity contribution in [2.75, 3.05) is 5.73 Å². The average molecular weight is 236 g/mol. The Bertz CT molecular complexity index is 520. The van der Waals surface area contributed by atoms with Crippen LogP contribution >= 0.6 is 11.3 Å². The lowest BCUT2D eigenvalue weighted by molar-refractivity contribution is 0.612. The maximum Gasteiger partial charge on any atom is 0.269 e. The van der Waals surface area contributed by atoms with Crippen molar-refractivity contribution in [3.8, 4) is 0 Å². The molecule has 2 N–H and O–H groups in total. The topological polar surface area (TPSA) is 38.9 Å². The summed E-state index contributed by atoms with van der Waals surface area (Å²) in [6, 6.07) is 4.00. The Morgan fingerprint density at radius 1 is 1.31 bits per heavy atom. The molecule has 2 nitrogen and oxygen atoms in total. The van der Waals surface area contributed by atoms with Crippen LogP contribution in [-0.4, -0.2) is 4.98 Å². The molecule has 0 unspecified atom stereocenters. The number of nitrogens with zero attached hydrogens (tertiary/aromatic N) is 1. The van der Waals surface area contributed by atoms with E-state index >= 15 is 0 Å². The maximum atomic E-state index is 12.8. The van der Waals surface area contributed by atoms with E-state index in [-0.39, 0.29) is 5.26 Å². The van der Waals surface area contributed by atoms with Gasteiger partial charge < -0.3 is 5.73 Å². The molecule has 0 spiro atoms. The molecule has 0 amide bonds. The molecule has 0 aliphatic carbocycles. The average Bonchev–Trinajstić information content (AvgIpc) is 2.60. The van der Waals surface area contributed by atoms with Crippen LogP contribution in [0.25, 0.3) is 0 Å². The Morgan fingerprint density at radius 3 is 2.69 bits per heavy atom. The largest absolute Gasteiger partial charge is 0.399 e. The van der Waals surface area contributed by atoms with Crippen LogP contribution in [0.3, 0.4) is 0 Å². The fraction of sp³-hybridized carbons (Fsp3) is 0.250. The number of aromatic nitrogens is 1. The quantitative estimate of drug-likeness (QED) is 0.814. The van der Waals surface area contributed by atoms with E-state index in [0.717, 1.165) is 39.4 Å². The zero-order valence-corrected chi connectivity index (χ0v) is 10.1. The summed E-state index contributed by atoms with van der Waals surface area (Å²) < 4.78 is 12.8. The summed E-state index contributed by atoms with van der Waals surface area (Å²) in [5.41, 5.74) is 10.7. The van der Waals surface area contributed by atoms with Gasteiger partial charge >= 0.3 is 0 Å². The second-order valence-corrected chi connectivity index (χ2v) is 4.71. The Labute approximate surface area is 97.9 Å². The van der Waals surface area contributed by atoms with Gasteiger partial charge in [-0.3, -0.25) is 0 Å². The molecule has 0 atom stereocenters. The van der Waals surface area contributed by atoms with Gasteiger partial charge in [-0.1, -0.05) is 17.4 Å². The summed E-state index contributed by atoms with van der Waals surface area (Å²) in [6.45, 7) is 3.98. The van der Waals surface area contributed by atoms with E-state index in [9.17, 15) is 4.39 Å². The lowest BCUT2D eigenvalue weighted by Gasteiger charge is -2.08. The van der Waals surface area contributed by atoms with Gasteiger partial charge in [-0.25, -0.2) is 4.98 Å². The highest BCUT2D eigenvalue weighted by Crippen LogP contribution is 2.21. The standard InChI is InChI=1S/C12H13FN2S/c1-7-4-11(14)8(2)3-9(7)5-10-6-16-12(13)15-10/h3-4,6H,5,14H2,1-2H3. The number of nitrogen functional groups attached to an aromatic ring is 1. The monoisotopic (exact) mass is 236 g/mol. The van der Waals surface area contributed by atoms with E-state index in [1.165, 1.54) is 0 Å². The molecule has 0 saturated heterocycles. The molecule has 2 rings (SSSR count). The Morgan fingerprint density at radius 2 is 2.06 bits per heavy atom. The summed E-state index contributed by atoms with van der Waals surface area (Å²) in [5, 5.41) is 1.38. The molecule has 4 heteroatoms. The zero-order chi connectivity index (χ0) is 11.7. The van der Waals surface area contributed by atoms with Crippen molar-refractivity contribution in [2.45, 2.75) is 20.3 Å². The summed E-state index contributed by atoms with van der Waals surface area (Å²) in [4.78, 5) is 3.82. The first-order valence-corrected chi connectivity index (χ1v) is 5.89. The number of halogens is 1. The highest BCUT2D eigenvalue weighted by atomic mass is 32.1. The molecule has 1 aromatic heterocycles. The second kappa shape index (κ2) is 4.22. The number of benzene rings is 1. The molecule has 0 aliphatic heterocycles. The normalized spacial score (nSPS) is 10.7. The Kier molecular flexibility index (Phi) is 2.92. The first-order valence-electron chi connectivity index (χ1n) is 5.02. The van der Waals surface area contributed by atoms with Crippen LogP contribution in [-0.2, 0) is 6.42 Å². The molecular formula is C12H13FN2S. The number of hydrogen-bond acceptors (Lipinski definition) is 3. The van der Waals surface area contributed by atoms with E-state index in [1.54, 1.807) is 5.38 Å². The molecule has 0 radical (unpaired) electrons. The number of rotatable bonds is 2. The van der Waals surface area contributed by atoms with Crippen molar-refractivity contribution in [2.24, 2.45) is 0 Å². The number of aryl methyl sites for hydroxylation is 2. The molecule has 0 fully saturated rings. The van der Waals surface area contributed by atoms with Crippen LogP contribution in [0.15, 0.2) is 17.5 Å². The lowest BCUT2D eigenvalue weighted by Crippen LogP contribution is -1.97. The van der Waals surface area contributed by atoms with Gasteiger partial charge in [0.1, 0.15) is 0 Å². The van der Waals surface area contributed by atoms with Crippen molar-refractivity contribution in [1.82, 2.24) is 4.98 Å². The van der Waals surface area contributed by atoms with Gasteiger partial charge in [0.2, 0.25) is 0 Å². The van der Waals surface area contributed by atoms with Gasteiger partial charge in [-0.05, 0) is 36.6 Å². The zero-order valence-electron chi connectivity index (χ0n) is 9.25. The molecule has 1 aromatic carbocycles. The maximum absolute atomic E-state index is 12.8. The van der Waals surface area contributed by atoms with E-state index in [0.29, 0.717) is 6.42 Å². The van der Waals surface area contributed by atoms with E-state index in [1.807, 2.05) is 26.0 Å². The third-order valence-electron chi connectivity index (χ3n) is 2.62. The van der Waals surface area contributed by atoms with Crippen molar-refractivity contribution in [1.29, 1.82) is 0 Å². The van der Waals surface area contributed by atoms with Crippen LogP contribution < -0.4 is 5.73 Å². The minimum Gasteiger partial charge on any atom is -0.399 e. The third kappa shape index (κ3) is 2.22. The van der Waals surface area contributed by atoms with Crippen molar-refractivity contribution in [3.63, 3.8) is 0 Å². The first kappa shape index (κ1) is 11.1. The van der Waals surface area contributed by atoms with Crippen molar-refractivity contribution < 1.29 is 4.39 Å². The minimum absolute atomic E-state index is 0.375. The third-order valence-corrected chi connectivity index (χ3v) is 3.30.